The third-order valence-corrected chi connectivity index (χ3v) is 4.14. The van der Waals surface area contributed by atoms with Gasteiger partial charge in [0.25, 0.3) is 0 Å². The number of sulfone groups is 1. The molecule has 5 nitrogen and oxygen atoms in total. The molecule has 1 heterocycles. The average Bonchev–Trinajstić information content (AvgIpc) is 2.18. The minimum atomic E-state index is -2.84. The molecule has 0 aliphatic carbocycles. The summed E-state index contributed by atoms with van der Waals surface area (Å²) in [5.74, 6) is 0.372. The molecule has 0 aromatic carbocycles. The van der Waals surface area contributed by atoms with Gasteiger partial charge in [0.05, 0.1) is 11.5 Å². The first-order valence-electron chi connectivity index (χ1n) is 5.28. The van der Waals surface area contributed by atoms with Crippen LogP contribution in [0.3, 0.4) is 0 Å². The quantitative estimate of drug-likeness (QED) is 0.736. The van der Waals surface area contributed by atoms with Crippen molar-refractivity contribution in [3.8, 4) is 0 Å². The first kappa shape index (κ1) is 12.3. The maximum Gasteiger partial charge on any atom is 0.315 e. The van der Waals surface area contributed by atoms with Crippen LogP contribution in [0.4, 0.5) is 4.79 Å². The van der Waals surface area contributed by atoms with Crippen molar-refractivity contribution in [2.75, 3.05) is 18.1 Å². The van der Waals surface area contributed by atoms with Crippen molar-refractivity contribution in [3.05, 3.63) is 0 Å². The highest BCUT2D eigenvalue weighted by molar-refractivity contribution is 7.91. The van der Waals surface area contributed by atoms with E-state index >= 15 is 0 Å². The number of urea groups is 1. The molecular weight excluding hydrogens is 216 g/mol. The van der Waals surface area contributed by atoms with Gasteiger partial charge in [-0.25, -0.2) is 13.2 Å². The third kappa shape index (κ3) is 4.51. The lowest BCUT2D eigenvalue weighted by molar-refractivity contribution is 0.236. The maximum atomic E-state index is 11.3. The van der Waals surface area contributed by atoms with Gasteiger partial charge >= 0.3 is 6.03 Å². The Bertz CT molecular complexity index is 299. The van der Waals surface area contributed by atoms with Crippen LogP contribution >= 0.6 is 0 Å². The van der Waals surface area contributed by atoms with E-state index in [1.807, 2.05) is 6.92 Å². The SMILES string of the molecule is CCCNC(=O)NC1CCS(=O)(=O)CC1. The molecule has 0 saturated carbocycles. The van der Waals surface area contributed by atoms with Crippen molar-refractivity contribution in [2.24, 2.45) is 0 Å². The molecule has 1 aliphatic heterocycles. The minimum Gasteiger partial charge on any atom is -0.338 e. The molecule has 0 aromatic rings. The second kappa shape index (κ2) is 5.34. The summed E-state index contributed by atoms with van der Waals surface area (Å²) in [7, 11) is -2.84. The number of amides is 2. The first-order chi connectivity index (χ1) is 7.03. The predicted molar refractivity (Wildman–Crippen MR) is 58.5 cm³/mol. The summed E-state index contributed by atoms with van der Waals surface area (Å²) in [6, 6.07) is -0.188. The molecule has 2 N–H and O–H groups in total. The second-order valence-electron chi connectivity index (χ2n) is 3.83. The van der Waals surface area contributed by atoms with Crippen LogP contribution in [0.15, 0.2) is 0 Å². The summed E-state index contributed by atoms with van der Waals surface area (Å²) >= 11 is 0. The van der Waals surface area contributed by atoms with E-state index in [0.717, 1.165) is 6.42 Å². The number of hydrogen-bond donors (Lipinski definition) is 2. The highest BCUT2D eigenvalue weighted by Gasteiger charge is 2.24. The van der Waals surface area contributed by atoms with Crippen molar-refractivity contribution in [3.63, 3.8) is 0 Å². The maximum absolute atomic E-state index is 11.3. The van der Waals surface area contributed by atoms with Crippen molar-refractivity contribution >= 4 is 15.9 Å². The molecule has 1 rings (SSSR count). The van der Waals surface area contributed by atoms with E-state index in [1.54, 1.807) is 0 Å². The molecule has 2 amide bonds. The molecule has 0 spiro atoms. The zero-order chi connectivity index (χ0) is 11.3. The van der Waals surface area contributed by atoms with Crippen LogP contribution in [0.25, 0.3) is 0 Å². The lowest BCUT2D eigenvalue weighted by Crippen LogP contribution is -2.45. The molecule has 88 valence electrons. The molecule has 1 aliphatic rings. The number of carbonyl (C=O) groups is 1. The fraction of sp³-hybridized carbons (Fsp3) is 0.889. The molecular formula is C9H18N2O3S. The molecule has 0 atom stereocenters. The Labute approximate surface area is 90.5 Å². The normalized spacial score (nSPS) is 20.9. The highest BCUT2D eigenvalue weighted by atomic mass is 32.2. The van der Waals surface area contributed by atoms with Crippen LogP contribution in [0.1, 0.15) is 26.2 Å². The lowest BCUT2D eigenvalue weighted by Gasteiger charge is -2.23. The fourth-order valence-electron chi connectivity index (χ4n) is 1.51. The smallest absolute Gasteiger partial charge is 0.315 e. The topological polar surface area (TPSA) is 75.3 Å². The van der Waals surface area contributed by atoms with Crippen molar-refractivity contribution in [1.82, 2.24) is 10.6 Å². The van der Waals surface area contributed by atoms with E-state index in [4.69, 9.17) is 0 Å². The van der Waals surface area contributed by atoms with E-state index in [2.05, 4.69) is 10.6 Å². The second-order valence-corrected chi connectivity index (χ2v) is 6.13. The third-order valence-electron chi connectivity index (χ3n) is 2.43. The molecule has 1 fully saturated rings. The van der Waals surface area contributed by atoms with Gasteiger partial charge in [-0.05, 0) is 19.3 Å². The largest absolute Gasteiger partial charge is 0.338 e. The van der Waals surface area contributed by atoms with Crippen LogP contribution in [0, 0.1) is 0 Å². The molecule has 1 saturated heterocycles. The lowest BCUT2D eigenvalue weighted by atomic mass is 10.2. The van der Waals surface area contributed by atoms with Gasteiger partial charge in [-0.2, -0.15) is 0 Å². The minimum absolute atomic E-state index is 0.00498. The average molecular weight is 234 g/mol. The van der Waals surface area contributed by atoms with E-state index in [0.29, 0.717) is 19.4 Å². The molecule has 15 heavy (non-hydrogen) atoms. The van der Waals surface area contributed by atoms with E-state index < -0.39 is 9.84 Å². The van der Waals surface area contributed by atoms with E-state index in [9.17, 15) is 13.2 Å². The van der Waals surface area contributed by atoms with Gasteiger partial charge in [-0.1, -0.05) is 6.92 Å². The number of hydrogen-bond acceptors (Lipinski definition) is 3. The summed E-state index contributed by atoms with van der Waals surface area (Å²) < 4.78 is 22.3. The van der Waals surface area contributed by atoms with Gasteiger partial charge in [0.15, 0.2) is 0 Å². The fourth-order valence-corrected chi connectivity index (χ4v) is 3.00. The standard InChI is InChI=1S/C9H18N2O3S/c1-2-5-10-9(12)11-8-3-6-15(13,14)7-4-8/h8H,2-7H2,1H3,(H2,10,11,12). The van der Waals surface area contributed by atoms with Crippen molar-refractivity contribution in [2.45, 2.75) is 32.2 Å². The van der Waals surface area contributed by atoms with Gasteiger partial charge in [-0.15, -0.1) is 0 Å². The Morgan fingerprint density at radius 3 is 2.47 bits per heavy atom. The zero-order valence-electron chi connectivity index (χ0n) is 8.95. The van der Waals surface area contributed by atoms with Crippen LogP contribution in [-0.2, 0) is 9.84 Å². The monoisotopic (exact) mass is 234 g/mol. The van der Waals surface area contributed by atoms with Crippen LogP contribution in [-0.4, -0.2) is 38.5 Å². The molecule has 6 heteroatoms. The summed E-state index contributed by atoms with van der Waals surface area (Å²) in [4.78, 5) is 11.3. The summed E-state index contributed by atoms with van der Waals surface area (Å²) in [6.45, 7) is 2.63. The van der Waals surface area contributed by atoms with Crippen molar-refractivity contribution in [1.29, 1.82) is 0 Å². The number of carbonyl (C=O) groups excluding carboxylic acids is 1. The molecule has 0 unspecified atom stereocenters. The van der Waals surface area contributed by atoms with Gasteiger partial charge in [0.2, 0.25) is 0 Å². The van der Waals surface area contributed by atoms with Crippen LogP contribution in [0.2, 0.25) is 0 Å². The Morgan fingerprint density at radius 1 is 1.33 bits per heavy atom. The van der Waals surface area contributed by atoms with Gasteiger partial charge in [0, 0.05) is 12.6 Å². The Kier molecular flexibility index (Phi) is 4.38. The number of rotatable bonds is 3. The Balaban J connectivity index is 2.26. The molecule has 0 aromatic heterocycles. The molecule has 0 radical (unpaired) electrons. The van der Waals surface area contributed by atoms with E-state index in [-0.39, 0.29) is 23.6 Å². The summed E-state index contributed by atoms with van der Waals surface area (Å²) in [5.41, 5.74) is 0. The first-order valence-corrected chi connectivity index (χ1v) is 7.10. The summed E-state index contributed by atoms with van der Waals surface area (Å²) in [5, 5.41) is 5.48. The van der Waals surface area contributed by atoms with Crippen molar-refractivity contribution < 1.29 is 13.2 Å². The Morgan fingerprint density at radius 2 is 1.93 bits per heavy atom. The van der Waals surface area contributed by atoms with Crippen LogP contribution in [0.5, 0.6) is 0 Å². The summed E-state index contributed by atoms with van der Waals surface area (Å²) in [6.07, 6.45) is 1.95. The Hall–Kier alpha value is -0.780. The van der Waals surface area contributed by atoms with E-state index in [1.165, 1.54) is 0 Å². The highest BCUT2D eigenvalue weighted by Crippen LogP contribution is 2.11. The number of nitrogens with one attached hydrogen (secondary N) is 2. The molecule has 0 bridgehead atoms. The van der Waals surface area contributed by atoms with Crippen LogP contribution < -0.4 is 10.6 Å². The van der Waals surface area contributed by atoms with Gasteiger partial charge < -0.3 is 10.6 Å². The predicted octanol–water partition coefficient (Wildman–Crippen LogP) is 0.273. The van der Waals surface area contributed by atoms with Gasteiger partial charge in [-0.3, -0.25) is 0 Å². The zero-order valence-corrected chi connectivity index (χ0v) is 9.77. The van der Waals surface area contributed by atoms with Gasteiger partial charge in [0.1, 0.15) is 9.84 Å².